The van der Waals surface area contributed by atoms with Crippen molar-refractivity contribution in [1.82, 2.24) is 10.2 Å². The molecule has 1 unspecified atom stereocenters. The van der Waals surface area contributed by atoms with E-state index in [9.17, 15) is 13.6 Å². The molecule has 1 fully saturated rings. The smallest absolute Gasteiger partial charge is 0.251 e. The van der Waals surface area contributed by atoms with Crippen molar-refractivity contribution in [2.24, 2.45) is 5.92 Å². The van der Waals surface area contributed by atoms with Gasteiger partial charge in [0.2, 0.25) is 0 Å². The molecule has 0 radical (unpaired) electrons. The van der Waals surface area contributed by atoms with E-state index >= 15 is 0 Å². The van der Waals surface area contributed by atoms with Gasteiger partial charge in [0.05, 0.1) is 0 Å². The first-order chi connectivity index (χ1) is 12.5. The molecular weight excluding hydrogens is 338 g/mol. The minimum Gasteiger partial charge on any atom is -0.489 e. The van der Waals surface area contributed by atoms with Gasteiger partial charge in [0.1, 0.15) is 24.0 Å². The summed E-state index contributed by atoms with van der Waals surface area (Å²) in [4.78, 5) is 14.7. The van der Waals surface area contributed by atoms with Gasteiger partial charge in [0.25, 0.3) is 5.91 Å². The van der Waals surface area contributed by atoms with Crippen LogP contribution in [0, 0.1) is 17.6 Å². The average Bonchev–Trinajstić information content (AvgIpc) is 2.92. The molecule has 2 heterocycles. The number of benzene rings is 2. The van der Waals surface area contributed by atoms with E-state index in [2.05, 4.69) is 17.3 Å². The molecular formula is C20H20F2N2O2. The van der Waals surface area contributed by atoms with Gasteiger partial charge in [-0.25, -0.2) is 8.78 Å². The quantitative estimate of drug-likeness (QED) is 0.917. The van der Waals surface area contributed by atoms with E-state index in [4.69, 9.17) is 4.74 Å². The second-order valence-electron chi connectivity index (χ2n) is 7.11. The Morgan fingerprint density at radius 3 is 2.69 bits per heavy atom. The Labute approximate surface area is 150 Å². The maximum absolute atomic E-state index is 13.3. The van der Waals surface area contributed by atoms with Crippen molar-refractivity contribution in [3.05, 3.63) is 64.7 Å². The first-order valence-corrected chi connectivity index (χ1v) is 8.68. The lowest BCUT2D eigenvalue weighted by atomic mass is 9.87. The monoisotopic (exact) mass is 358 g/mol. The summed E-state index contributed by atoms with van der Waals surface area (Å²) >= 11 is 0. The maximum atomic E-state index is 13.3. The number of hydrogen-bond acceptors (Lipinski definition) is 3. The van der Waals surface area contributed by atoms with Crippen LogP contribution in [-0.2, 0) is 6.61 Å². The molecule has 1 saturated heterocycles. The lowest BCUT2D eigenvalue weighted by molar-refractivity contribution is 0.0951. The van der Waals surface area contributed by atoms with Crippen LogP contribution in [0.15, 0.2) is 36.4 Å². The molecule has 0 aromatic heterocycles. The fourth-order valence-electron chi connectivity index (χ4n) is 3.97. The predicted octanol–water partition coefficient (Wildman–Crippen LogP) is 2.93. The van der Waals surface area contributed by atoms with Crippen LogP contribution in [0.1, 0.15) is 27.4 Å². The van der Waals surface area contributed by atoms with E-state index in [-0.39, 0.29) is 12.5 Å². The Morgan fingerprint density at radius 1 is 1.15 bits per heavy atom. The van der Waals surface area contributed by atoms with E-state index in [1.165, 1.54) is 12.1 Å². The zero-order valence-corrected chi connectivity index (χ0v) is 14.5. The number of carbonyl (C=O) groups excluding carboxylic acids is 1. The van der Waals surface area contributed by atoms with Gasteiger partial charge in [0.15, 0.2) is 0 Å². The van der Waals surface area contributed by atoms with Gasteiger partial charge >= 0.3 is 0 Å². The van der Waals surface area contributed by atoms with Crippen molar-refractivity contribution in [2.45, 2.75) is 12.5 Å². The highest BCUT2D eigenvalue weighted by Crippen LogP contribution is 2.36. The average molecular weight is 358 g/mol. The molecule has 2 aliphatic rings. The van der Waals surface area contributed by atoms with E-state index in [0.29, 0.717) is 35.3 Å². The summed E-state index contributed by atoms with van der Waals surface area (Å²) in [5.41, 5.74) is 2.06. The summed E-state index contributed by atoms with van der Waals surface area (Å²) in [7, 11) is 2.09. The van der Waals surface area contributed by atoms with Gasteiger partial charge in [-0.15, -0.1) is 0 Å². The number of amides is 1. The van der Waals surface area contributed by atoms with Crippen LogP contribution in [0.4, 0.5) is 8.78 Å². The van der Waals surface area contributed by atoms with Crippen LogP contribution in [0.2, 0.25) is 0 Å². The highest BCUT2D eigenvalue weighted by Gasteiger charge is 2.36. The second kappa shape index (κ2) is 6.68. The Morgan fingerprint density at radius 2 is 1.92 bits per heavy atom. The Hall–Kier alpha value is -2.47. The number of carbonyl (C=O) groups is 1. The molecule has 4 rings (SSSR count). The van der Waals surface area contributed by atoms with Gasteiger partial charge < -0.3 is 15.0 Å². The van der Waals surface area contributed by atoms with Gasteiger partial charge in [-0.1, -0.05) is 6.07 Å². The molecule has 2 aromatic carbocycles. The van der Waals surface area contributed by atoms with E-state index < -0.39 is 11.6 Å². The van der Waals surface area contributed by atoms with Gasteiger partial charge in [-0.2, -0.15) is 0 Å². The largest absolute Gasteiger partial charge is 0.489 e. The van der Waals surface area contributed by atoms with E-state index in [0.717, 1.165) is 24.7 Å². The zero-order valence-electron chi connectivity index (χ0n) is 14.5. The third kappa shape index (κ3) is 3.29. The molecule has 0 saturated carbocycles. The number of likely N-dealkylation sites (tertiary alicyclic amines) is 1. The number of halogens is 2. The van der Waals surface area contributed by atoms with Gasteiger partial charge in [-0.3, -0.25) is 4.79 Å². The number of rotatable bonds is 3. The number of nitrogens with zero attached hydrogens (tertiary/aromatic N) is 1. The Balaban J connectivity index is 1.57. The standard InChI is InChI=1S/C20H20F2N2O2/c1-24-9-13-8-23-20(25)18-7-16(2-3-17(18)19(13)10-24)26-11-12-4-14(21)6-15(22)5-12/h2-7,13,19H,8-11H2,1H3,(H,23,25)/t13-,19?/m0/s1. The van der Waals surface area contributed by atoms with E-state index in [1.54, 1.807) is 6.07 Å². The number of fused-ring (bicyclic) bond motifs is 3. The lowest BCUT2D eigenvalue weighted by Crippen LogP contribution is -2.29. The molecule has 1 N–H and O–H groups in total. The summed E-state index contributed by atoms with van der Waals surface area (Å²) in [5.74, 6) is -0.136. The number of nitrogens with one attached hydrogen (secondary N) is 1. The summed E-state index contributed by atoms with van der Waals surface area (Å²) in [6, 6.07) is 8.78. The molecule has 1 amide bonds. The molecule has 0 spiro atoms. The first-order valence-electron chi connectivity index (χ1n) is 8.68. The second-order valence-corrected chi connectivity index (χ2v) is 7.11. The topological polar surface area (TPSA) is 41.6 Å². The van der Waals surface area contributed by atoms with Crippen LogP contribution < -0.4 is 10.1 Å². The van der Waals surface area contributed by atoms with Crippen molar-refractivity contribution in [3.8, 4) is 5.75 Å². The summed E-state index contributed by atoms with van der Waals surface area (Å²) in [6.07, 6.45) is 0. The fourth-order valence-corrected chi connectivity index (χ4v) is 3.97. The summed E-state index contributed by atoms with van der Waals surface area (Å²) in [5, 5.41) is 2.99. The third-order valence-corrected chi connectivity index (χ3v) is 5.15. The van der Waals surface area contributed by atoms with Crippen LogP contribution in [-0.4, -0.2) is 37.5 Å². The first kappa shape index (κ1) is 17.0. The van der Waals surface area contributed by atoms with Crippen molar-refractivity contribution < 1.29 is 18.3 Å². The molecule has 0 aliphatic carbocycles. The fraction of sp³-hybridized carbons (Fsp3) is 0.350. The lowest BCUT2D eigenvalue weighted by Gasteiger charge is -2.17. The molecule has 4 nitrogen and oxygen atoms in total. The minimum absolute atomic E-state index is 0.0316. The number of ether oxygens (including phenoxy) is 1. The number of likely N-dealkylation sites (N-methyl/N-ethyl adjacent to an activating group) is 1. The third-order valence-electron chi connectivity index (χ3n) is 5.15. The molecule has 6 heteroatoms. The number of hydrogen-bond donors (Lipinski definition) is 1. The van der Waals surface area contributed by atoms with Crippen LogP contribution in [0.25, 0.3) is 0 Å². The highest BCUT2D eigenvalue weighted by molar-refractivity contribution is 5.96. The molecule has 0 bridgehead atoms. The predicted molar refractivity (Wildman–Crippen MR) is 93.2 cm³/mol. The van der Waals surface area contributed by atoms with Crippen molar-refractivity contribution in [2.75, 3.05) is 26.7 Å². The maximum Gasteiger partial charge on any atom is 0.251 e. The van der Waals surface area contributed by atoms with E-state index in [1.807, 2.05) is 12.1 Å². The van der Waals surface area contributed by atoms with Crippen LogP contribution in [0.5, 0.6) is 5.75 Å². The molecule has 2 atom stereocenters. The van der Waals surface area contributed by atoms with Gasteiger partial charge in [0, 0.05) is 37.2 Å². The van der Waals surface area contributed by atoms with Crippen LogP contribution >= 0.6 is 0 Å². The van der Waals surface area contributed by atoms with Gasteiger partial charge in [-0.05, 0) is 48.4 Å². The molecule has 136 valence electrons. The van der Waals surface area contributed by atoms with Crippen LogP contribution in [0.3, 0.4) is 0 Å². The summed E-state index contributed by atoms with van der Waals surface area (Å²) < 4.78 is 32.2. The molecule has 2 aliphatic heterocycles. The van der Waals surface area contributed by atoms with Crippen molar-refractivity contribution in [1.29, 1.82) is 0 Å². The summed E-state index contributed by atoms with van der Waals surface area (Å²) in [6.45, 7) is 2.59. The Kier molecular flexibility index (Phi) is 4.36. The highest BCUT2D eigenvalue weighted by atomic mass is 19.1. The minimum atomic E-state index is -0.638. The molecule has 26 heavy (non-hydrogen) atoms. The van der Waals surface area contributed by atoms with Crippen molar-refractivity contribution >= 4 is 5.91 Å². The van der Waals surface area contributed by atoms with Crippen molar-refractivity contribution in [3.63, 3.8) is 0 Å². The SMILES string of the molecule is CN1CC2c3ccc(OCc4cc(F)cc(F)c4)cc3C(=O)NC[C@H]2C1. The Bertz CT molecular complexity index is 835. The normalized spacial score (nSPS) is 22.3. The zero-order chi connectivity index (χ0) is 18.3. The molecule has 2 aromatic rings.